The van der Waals surface area contributed by atoms with Gasteiger partial charge < -0.3 is 15.0 Å². The van der Waals surface area contributed by atoms with E-state index in [1.807, 2.05) is 15.3 Å². The first-order valence-electron chi connectivity index (χ1n) is 6.11. The van der Waals surface area contributed by atoms with Crippen LogP contribution in [0.2, 0.25) is 0 Å². The zero-order valence-corrected chi connectivity index (χ0v) is 11.3. The quantitative estimate of drug-likeness (QED) is 0.690. The van der Waals surface area contributed by atoms with Crippen molar-refractivity contribution >= 4 is 17.6 Å². The van der Waals surface area contributed by atoms with E-state index < -0.39 is 52.7 Å². The highest BCUT2D eigenvalue weighted by molar-refractivity contribution is 5.94. The van der Waals surface area contributed by atoms with Crippen molar-refractivity contribution in [2.45, 2.75) is 0 Å². The summed E-state index contributed by atoms with van der Waals surface area (Å²) in [6, 6.07) is 3.75. The number of carbonyl (C=O) groups excluding carboxylic acids is 2. The predicted molar refractivity (Wildman–Crippen MR) is 73.0 cm³/mol. The maximum atomic E-state index is 13.3. The number of anilines is 1. The molecule has 0 fully saturated rings. The van der Waals surface area contributed by atoms with Gasteiger partial charge in [0.2, 0.25) is 0 Å². The number of H-pyrrole nitrogens is 2. The van der Waals surface area contributed by atoms with E-state index in [9.17, 15) is 28.0 Å². The van der Waals surface area contributed by atoms with Crippen LogP contribution in [0.3, 0.4) is 0 Å². The number of amides is 1. The van der Waals surface area contributed by atoms with Crippen molar-refractivity contribution in [2.75, 3.05) is 11.9 Å². The molecule has 120 valence electrons. The summed E-state index contributed by atoms with van der Waals surface area (Å²) < 4.78 is 31.2. The summed E-state index contributed by atoms with van der Waals surface area (Å²) in [6.45, 7) is -0.874. The molecule has 0 unspecified atom stereocenters. The van der Waals surface area contributed by atoms with E-state index >= 15 is 0 Å². The Labute approximate surface area is 126 Å². The standard InChI is InChI=1S/C13H9F2N3O5/c14-6-2-1-3-7(15)11(6)17-10(20)5-23-12(21)8-4-9(19)18-13(22)16-8/h1-4H,5H2,(H,17,20)(H2,16,18,19,22). The van der Waals surface area contributed by atoms with E-state index in [2.05, 4.69) is 4.74 Å². The lowest BCUT2D eigenvalue weighted by atomic mass is 10.3. The molecule has 0 aliphatic carbocycles. The molecule has 2 rings (SSSR count). The lowest BCUT2D eigenvalue weighted by Crippen LogP contribution is -2.27. The number of esters is 1. The molecule has 2 aromatic rings. The van der Waals surface area contributed by atoms with Gasteiger partial charge in [0.25, 0.3) is 11.5 Å². The molecular weight excluding hydrogens is 316 g/mol. The molecule has 0 atom stereocenters. The highest BCUT2D eigenvalue weighted by Crippen LogP contribution is 2.17. The number of rotatable bonds is 4. The molecule has 0 aliphatic heterocycles. The van der Waals surface area contributed by atoms with Crippen molar-refractivity contribution in [3.05, 3.63) is 62.4 Å². The minimum absolute atomic E-state index is 0.469. The van der Waals surface area contributed by atoms with Gasteiger partial charge in [-0.15, -0.1) is 0 Å². The van der Waals surface area contributed by atoms with Crippen LogP contribution < -0.4 is 16.6 Å². The molecule has 0 saturated heterocycles. The van der Waals surface area contributed by atoms with Crippen LogP contribution in [0.4, 0.5) is 14.5 Å². The second-order valence-corrected chi connectivity index (χ2v) is 4.22. The van der Waals surface area contributed by atoms with E-state index in [4.69, 9.17) is 0 Å². The first-order chi connectivity index (χ1) is 10.9. The Hall–Kier alpha value is -3.30. The molecule has 10 heteroatoms. The van der Waals surface area contributed by atoms with Gasteiger partial charge >= 0.3 is 11.7 Å². The van der Waals surface area contributed by atoms with Gasteiger partial charge in [0.1, 0.15) is 23.0 Å². The molecule has 1 amide bonds. The number of nitrogens with one attached hydrogen (secondary N) is 3. The minimum atomic E-state index is -1.16. The average Bonchev–Trinajstić information content (AvgIpc) is 2.47. The zero-order chi connectivity index (χ0) is 17.0. The van der Waals surface area contributed by atoms with E-state index in [0.717, 1.165) is 24.3 Å². The largest absolute Gasteiger partial charge is 0.451 e. The fraction of sp³-hybridized carbons (Fsp3) is 0.0769. The van der Waals surface area contributed by atoms with Crippen molar-refractivity contribution in [1.82, 2.24) is 9.97 Å². The van der Waals surface area contributed by atoms with Crippen LogP contribution in [-0.4, -0.2) is 28.5 Å². The van der Waals surface area contributed by atoms with E-state index in [1.165, 1.54) is 0 Å². The lowest BCUT2D eigenvalue weighted by molar-refractivity contribution is -0.119. The molecule has 1 heterocycles. The van der Waals surface area contributed by atoms with Crippen molar-refractivity contribution in [1.29, 1.82) is 0 Å². The molecule has 0 radical (unpaired) electrons. The molecule has 8 nitrogen and oxygen atoms in total. The van der Waals surface area contributed by atoms with Crippen LogP contribution in [-0.2, 0) is 9.53 Å². The first kappa shape index (κ1) is 16.1. The van der Waals surface area contributed by atoms with Crippen LogP contribution in [0.5, 0.6) is 0 Å². The second-order valence-electron chi connectivity index (χ2n) is 4.22. The Morgan fingerprint density at radius 1 is 1.13 bits per heavy atom. The van der Waals surface area contributed by atoms with Crippen LogP contribution in [0, 0.1) is 11.6 Å². The predicted octanol–water partition coefficient (Wildman–Crippen LogP) is 0.137. The summed E-state index contributed by atoms with van der Waals surface area (Å²) in [4.78, 5) is 48.9. The Balaban J connectivity index is 2.00. The maximum Gasteiger partial charge on any atom is 0.355 e. The topological polar surface area (TPSA) is 121 Å². The minimum Gasteiger partial charge on any atom is -0.451 e. The second kappa shape index (κ2) is 6.64. The van der Waals surface area contributed by atoms with Gasteiger partial charge in [-0.2, -0.15) is 0 Å². The number of halogens is 2. The maximum absolute atomic E-state index is 13.3. The number of hydrogen-bond acceptors (Lipinski definition) is 5. The molecular formula is C13H9F2N3O5. The molecule has 0 saturated carbocycles. The van der Waals surface area contributed by atoms with Crippen molar-refractivity contribution in [3.8, 4) is 0 Å². The average molecular weight is 325 g/mol. The molecule has 0 bridgehead atoms. The smallest absolute Gasteiger partial charge is 0.355 e. The Bertz CT molecular complexity index is 826. The third kappa shape index (κ3) is 4.09. The highest BCUT2D eigenvalue weighted by atomic mass is 19.1. The SMILES string of the molecule is O=C(COC(=O)c1cc(=O)[nH]c(=O)[nH]1)Nc1c(F)cccc1F. The van der Waals surface area contributed by atoms with Gasteiger partial charge in [-0.05, 0) is 12.1 Å². The highest BCUT2D eigenvalue weighted by Gasteiger charge is 2.15. The number of ether oxygens (including phenoxy) is 1. The van der Waals surface area contributed by atoms with Gasteiger partial charge in [0, 0.05) is 6.07 Å². The third-order valence-electron chi connectivity index (χ3n) is 2.54. The lowest BCUT2D eigenvalue weighted by Gasteiger charge is -2.08. The monoisotopic (exact) mass is 325 g/mol. The van der Waals surface area contributed by atoms with Gasteiger partial charge in [0.05, 0.1) is 0 Å². The normalized spacial score (nSPS) is 10.2. The Morgan fingerprint density at radius 2 is 1.78 bits per heavy atom. The number of aromatic amines is 2. The van der Waals surface area contributed by atoms with Gasteiger partial charge in [0.15, 0.2) is 6.61 Å². The summed E-state index contributed by atoms with van der Waals surface area (Å²) in [6.07, 6.45) is 0. The number of aromatic nitrogens is 2. The van der Waals surface area contributed by atoms with E-state index in [0.29, 0.717) is 0 Å². The van der Waals surface area contributed by atoms with Crippen molar-refractivity contribution < 1.29 is 23.1 Å². The van der Waals surface area contributed by atoms with Crippen LogP contribution in [0.25, 0.3) is 0 Å². The summed E-state index contributed by atoms with van der Waals surface area (Å²) in [5, 5.41) is 1.90. The third-order valence-corrected chi connectivity index (χ3v) is 2.54. The molecule has 3 N–H and O–H groups in total. The molecule has 1 aromatic heterocycles. The molecule has 0 spiro atoms. The number of hydrogen-bond donors (Lipinski definition) is 3. The van der Waals surface area contributed by atoms with Crippen LogP contribution in [0.15, 0.2) is 33.9 Å². The van der Waals surface area contributed by atoms with Gasteiger partial charge in [-0.3, -0.25) is 14.6 Å². The first-order valence-corrected chi connectivity index (χ1v) is 6.11. The summed E-state index contributed by atoms with van der Waals surface area (Å²) in [7, 11) is 0. The zero-order valence-electron chi connectivity index (χ0n) is 11.3. The van der Waals surface area contributed by atoms with Gasteiger partial charge in [-0.25, -0.2) is 18.4 Å². The fourth-order valence-electron chi connectivity index (χ4n) is 1.58. The number of carbonyl (C=O) groups is 2. The molecule has 0 aliphatic rings. The number of para-hydroxylation sites is 1. The Morgan fingerprint density at radius 3 is 2.39 bits per heavy atom. The van der Waals surface area contributed by atoms with E-state index in [-0.39, 0.29) is 0 Å². The van der Waals surface area contributed by atoms with Crippen LogP contribution >= 0.6 is 0 Å². The number of benzene rings is 1. The molecule has 23 heavy (non-hydrogen) atoms. The van der Waals surface area contributed by atoms with Crippen molar-refractivity contribution in [2.24, 2.45) is 0 Å². The summed E-state index contributed by atoms with van der Waals surface area (Å²) >= 11 is 0. The summed E-state index contributed by atoms with van der Waals surface area (Å²) in [5.74, 6) is -4.15. The van der Waals surface area contributed by atoms with Crippen molar-refractivity contribution in [3.63, 3.8) is 0 Å². The molecule has 1 aromatic carbocycles. The van der Waals surface area contributed by atoms with Crippen LogP contribution in [0.1, 0.15) is 10.5 Å². The Kier molecular flexibility index (Phi) is 4.64. The summed E-state index contributed by atoms with van der Waals surface area (Å²) in [5.41, 5.74) is -2.91. The van der Waals surface area contributed by atoms with E-state index in [1.54, 1.807) is 0 Å². The van der Waals surface area contributed by atoms with Gasteiger partial charge in [-0.1, -0.05) is 6.07 Å². The fourth-order valence-corrected chi connectivity index (χ4v) is 1.58.